The molecule has 16 heavy (non-hydrogen) atoms. The van der Waals surface area contributed by atoms with Gasteiger partial charge in [0.1, 0.15) is 0 Å². The van der Waals surface area contributed by atoms with Crippen LogP contribution in [-0.4, -0.2) is 5.78 Å². The number of hydrogen-bond donors (Lipinski definition) is 1. The van der Waals surface area contributed by atoms with Crippen molar-refractivity contribution in [1.82, 2.24) is 0 Å². The first kappa shape index (κ1) is 11.5. The fraction of sp³-hybridized carbons (Fsp3) is 0. The Labute approximate surface area is 107 Å². The summed E-state index contributed by atoms with van der Waals surface area (Å²) in [6.07, 6.45) is 0. The highest BCUT2D eigenvalue weighted by atomic mass is 35.5. The third-order valence-electron chi connectivity index (χ3n) is 2.06. The molecule has 2 aromatic rings. The van der Waals surface area contributed by atoms with Crippen molar-refractivity contribution in [2.75, 3.05) is 5.73 Å². The van der Waals surface area contributed by atoms with Gasteiger partial charge < -0.3 is 5.73 Å². The molecule has 82 valence electrons. The lowest BCUT2D eigenvalue weighted by Gasteiger charge is -2.01. The Balaban J connectivity index is 2.47. The van der Waals surface area contributed by atoms with Crippen molar-refractivity contribution >= 4 is 46.0 Å². The van der Waals surface area contributed by atoms with E-state index in [1.165, 1.54) is 0 Å². The van der Waals surface area contributed by atoms with Crippen molar-refractivity contribution in [1.29, 1.82) is 0 Å². The van der Waals surface area contributed by atoms with Gasteiger partial charge in [0.15, 0.2) is 0 Å². The maximum Gasteiger partial charge on any atom is 0.206 e. The molecule has 0 spiro atoms. The van der Waals surface area contributed by atoms with Crippen LogP contribution in [0.3, 0.4) is 0 Å². The van der Waals surface area contributed by atoms with Crippen LogP contribution in [0.25, 0.3) is 0 Å². The molecule has 1 aromatic carbocycles. The number of rotatable bonds is 2. The zero-order valence-electron chi connectivity index (χ0n) is 8.04. The Kier molecular flexibility index (Phi) is 3.19. The van der Waals surface area contributed by atoms with Crippen LogP contribution < -0.4 is 5.73 Å². The Bertz CT molecular complexity index is 551. The van der Waals surface area contributed by atoms with Gasteiger partial charge in [-0.3, -0.25) is 4.79 Å². The quantitative estimate of drug-likeness (QED) is 0.843. The highest BCUT2D eigenvalue weighted by molar-refractivity contribution is 7.18. The molecular weight excluding hydrogens is 265 g/mol. The van der Waals surface area contributed by atoms with Crippen LogP contribution >= 0.6 is 34.5 Å². The molecule has 0 aliphatic heterocycles. The summed E-state index contributed by atoms with van der Waals surface area (Å²) in [6.45, 7) is 0. The van der Waals surface area contributed by atoms with Gasteiger partial charge in [-0.2, -0.15) is 0 Å². The van der Waals surface area contributed by atoms with E-state index in [9.17, 15) is 4.79 Å². The Morgan fingerprint density at radius 2 is 1.94 bits per heavy atom. The Hall–Kier alpha value is -1.03. The molecule has 0 atom stereocenters. The average Bonchev–Trinajstić information content (AvgIpc) is 2.58. The normalized spacial score (nSPS) is 10.4. The predicted octanol–water partition coefficient (Wildman–Crippen LogP) is 3.87. The molecule has 0 amide bonds. The summed E-state index contributed by atoms with van der Waals surface area (Å²) in [6, 6.07) is 8.42. The van der Waals surface area contributed by atoms with Gasteiger partial charge >= 0.3 is 0 Å². The highest BCUT2D eigenvalue weighted by Gasteiger charge is 2.17. The van der Waals surface area contributed by atoms with Crippen molar-refractivity contribution in [2.24, 2.45) is 0 Å². The highest BCUT2D eigenvalue weighted by Crippen LogP contribution is 2.31. The summed E-state index contributed by atoms with van der Waals surface area (Å²) in [4.78, 5) is 12.5. The first-order valence-electron chi connectivity index (χ1n) is 4.43. The van der Waals surface area contributed by atoms with Crippen molar-refractivity contribution in [3.8, 4) is 0 Å². The summed E-state index contributed by atoms with van der Waals surface area (Å²) in [5.41, 5.74) is 6.52. The Morgan fingerprint density at radius 3 is 2.50 bits per heavy atom. The average molecular weight is 272 g/mol. The largest absolute Gasteiger partial charge is 0.397 e. The standard InChI is InChI=1S/C11H7Cl2NOS/c12-7-4-2-1-3-6(7)10(15)11-8(14)5-9(13)16-11/h1-5H,14H2. The molecule has 0 saturated carbocycles. The van der Waals surface area contributed by atoms with Gasteiger partial charge in [0.2, 0.25) is 5.78 Å². The number of nitrogen functional groups attached to an aromatic ring is 1. The third-order valence-corrected chi connectivity index (χ3v) is 3.66. The minimum absolute atomic E-state index is 0.194. The van der Waals surface area contributed by atoms with Crippen molar-refractivity contribution in [3.05, 3.63) is 50.1 Å². The number of benzene rings is 1. The molecule has 0 radical (unpaired) electrons. The van der Waals surface area contributed by atoms with Crippen LogP contribution in [0.4, 0.5) is 5.69 Å². The first-order chi connectivity index (χ1) is 7.59. The zero-order chi connectivity index (χ0) is 11.7. The van der Waals surface area contributed by atoms with E-state index in [2.05, 4.69) is 0 Å². The summed E-state index contributed by atoms with van der Waals surface area (Å²) in [5.74, 6) is -0.194. The van der Waals surface area contributed by atoms with Crippen LogP contribution in [0, 0.1) is 0 Å². The molecule has 2 nitrogen and oxygen atoms in total. The molecule has 0 aliphatic carbocycles. The molecule has 0 saturated heterocycles. The smallest absolute Gasteiger partial charge is 0.206 e. The fourth-order valence-electron chi connectivity index (χ4n) is 1.32. The van der Waals surface area contributed by atoms with Gasteiger partial charge in [-0.1, -0.05) is 35.3 Å². The molecular formula is C11H7Cl2NOS. The van der Waals surface area contributed by atoms with E-state index in [0.29, 0.717) is 25.5 Å². The molecule has 5 heteroatoms. The van der Waals surface area contributed by atoms with E-state index < -0.39 is 0 Å². The second kappa shape index (κ2) is 4.45. The number of ketones is 1. The lowest BCUT2D eigenvalue weighted by Crippen LogP contribution is -2.02. The third kappa shape index (κ3) is 2.07. The molecule has 1 aromatic heterocycles. The van der Waals surface area contributed by atoms with Gasteiger partial charge in [0.05, 0.1) is 19.9 Å². The van der Waals surface area contributed by atoms with E-state index in [-0.39, 0.29) is 5.78 Å². The molecule has 2 N–H and O–H groups in total. The van der Waals surface area contributed by atoms with Gasteiger partial charge in [-0.05, 0) is 18.2 Å². The maximum atomic E-state index is 12.1. The lowest BCUT2D eigenvalue weighted by atomic mass is 10.1. The summed E-state index contributed by atoms with van der Waals surface area (Å²) in [5, 5.41) is 0.413. The number of hydrogen-bond acceptors (Lipinski definition) is 3. The minimum Gasteiger partial charge on any atom is -0.397 e. The molecule has 0 aliphatic rings. The molecule has 0 unspecified atom stereocenters. The SMILES string of the molecule is Nc1cc(Cl)sc1C(=O)c1ccccc1Cl. The molecule has 0 bridgehead atoms. The second-order valence-electron chi connectivity index (χ2n) is 3.14. The van der Waals surface area contributed by atoms with Gasteiger partial charge in [-0.25, -0.2) is 0 Å². The summed E-state index contributed by atoms with van der Waals surface area (Å²) < 4.78 is 0.493. The lowest BCUT2D eigenvalue weighted by molar-refractivity contribution is 0.104. The number of carbonyl (C=O) groups is 1. The maximum absolute atomic E-state index is 12.1. The fourth-order valence-corrected chi connectivity index (χ4v) is 2.65. The number of halogens is 2. The van der Waals surface area contributed by atoms with Gasteiger partial charge in [0, 0.05) is 5.56 Å². The van der Waals surface area contributed by atoms with Crippen LogP contribution in [0.15, 0.2) is 30.3 Å². The zero-order valence-corrected chi connectivity index (χ0v) is 10.4. The second-order valence-corrected chi connectivity index (χ2v) is 5.23. The molecule has 1 heterocycles. The number of thiophene rings is 1. The van der Waals surface area contributed by atoms with Crippen LogP contribution in [0.2, 0.25) is 9.36 Å². The van der Waals surface area contributed by atoms with Crippen molar-refractivity contribution in [2.45, 2.75) is 0 Å². The summed E-state index contributed by atoms with van der Waals surface area (Å²) in [7, 11) is 0. The van der Waals surface area contributed by atoms with E-state index in [1.807, 2.05) is 0 Å². The monoisotopic (exact) mass is 271 g/mol. The molecule has 2 rings (SSSR count). The predicted molar refractivity (Wildman–Crippen MR) is 68.6 cm³/mol. The van der Waals surface area contributed by atoms with Gasteiger partial charge in [-0.15, -0.1) is 11.3 Å². The van der Waals surface area contributed by atoms with E-state index >= 15 is 0 Å². The summed E-state index contributed by atoms with van der Waals surface area (Å²) >= 11 is 12.9. The topological polar surface area (TPSA) is 43.1 Å². The van der Waals surface area contributed by atoms with E-state index in [1.54, 1.807) is 30.3 Å². The van der Waals surface area contributed by atoms with Crippen molar-refractivity contribution in [3.63, 3.8) is 0 Å². The van der Waals surface area contributed by atoms with Crippen molar-refractivity contribution < 1.29 is 4.79 Å². The van der Waals surface area contributed by atoms with Crippen LogP contribution in [0.1, 0.15) is 15.2 Å². The Morgan fingerprint density at radius 1 is 1.25 bits per heavy atom. The van der Waals surface area contributed by atoms with E-state index in [0.717, 1.165) is 11.3 Å². The first-order valence-corrected chi connectivity index (χ1v) is 6.01. The number of anilines is 1. The number of nitrogens with two attached hydrogens (primary N) is 1. The van der Waals surface area contributed by atoms with E-state index in [4.69, 9.17) is 28.9 Å². The van der Waals surface area contributed by atoms with Gasteiger partial charge in [0.25, 0.3) is 0 Å². The molecule has 0 fully saturated rings. The minimum atomic E-state index is -0.194. The van der Waals surface area contributed by atoms with Crippen LogP contribution in [0.5, 0.6) is 0 Å². The van der Waals surface area contributed by atoms with Crippen LogP contribution in [-0.2, 0) is 0 Å². The number of carbonyl (C=O) groups excluding carboxylic acids is 1.